The molecule has 22 heavy (non-hydrogen) atoms. The molecule has 0 unspecified atom stereocenters. The molecule has 1 atom stereocenters. The largest absolute Gasteiger partial charge is 0.416 e. The van der Waals surface area contributed by atoms with Crippen molar-refractivity contribution in [1.82, 2.24) is 9.97 Å². The summed E-state index contributed by atoms with van der Waals surface area (Å²) in [5, 5.41) is 0. The second-order valence-electron chi connectivity index (χ2n) is 5.38. The molecule has 0 spiro atoms. The minimum Gasteiger partial charge on any atom is -0.365 e. The highest BCUT2D eigenvalue weighted by atomic mass is 19.4. The van der Waals surface area contributed by atoms with Crippen LogP contribution in [0.2, 0.25) is 0 Å². The van der Waals surface area contributed by atoms with Crippen LogP contribution in [-0.4, -0.2) is 55.0 Å². The third-order valence-electron chi connectivity index (χ3n) is 3.83. The fraction of sp³-hybridized carbons (Fsp3) is 0.692. The summed E-state index contributed by atoms with van der Waals surface area (Å²) < 4.78 is 56.9. The highest BCUT2D eigenvalue weighted by Crippen LogP contribution is 2.28. The van der Waals surface area contributed by atoms with Crippen LogP contribution in [0.25, 0.3) is 0 Å². The first-order valence-corrected chi connectivity index (χ1v) is 7.16. The molecule has 0 aromatic carbocycles. The number of hydrogen-bond acceptors (Lipinski definition) is 5. The second-order valence-corrected chi connectivity index (χ2v) is 5.38. The number of nitrogens with zero attached hydrogens (tertiary/aromatic N) is 4. The van der Waals surface area contributed by atoms with Crippen molar-refractivity contribution in [2.45, 2.75) is 25.1 Å². The van der Waals surface area contributed by atoms with Crippen molar-refractivity contribution >= 4 is 11.8 Å². The molecule has 9 heteroatoms. The molecule has 1 aromatic rings. The fourth-order valence-electron chi connectivity index (χ4n) is 2.68. The summed E-state index contributed by atoms with van der Waals surface area (Å²) >= 11 is 0. The Morgan fingerprint density at radius 2 is 1.86 bits per heavy atom. The molecular formula is C13H16F4N4O. The molecule has 0 saturated carbocycles. The monoisotopic (exact) mass is 320 g/mol. The number of anilines is 2. The number of halogens is 4. The Hall–Kier alpha value is -1.64. The SMILES string of the molecule is Fc1cnc(N2CCO[C@@H](C(F)(F)F)C2)nc1N1CCCC1. The quantitative estimate of drug-likeness (QED) is 0.780. The van der Waals surface area contributed by atoms with Crippen LogP contribution >= 0.6 is 0 Å². The number of alkyl halides is 3. The van der Waals surface area contributed by atoms with Gasteiger partial charge >= 0.3 is 6.18 Å². The maximum absolute atomic E-state index is 13.9. The Labute approximate surface area is 124 Å². The van der Waals surface area contributed by atoms with Crippen molar-refractivity contribution < 1.29 is 22.3 Å². The van der Waals surface area contributed by atoms with Crippen LogP contribution in [0.3, 0.4) is 0 Å². The standard InChI is InChI=1S/C13H16F4N4O/c14-9-7-18-12(19-11(9)20-3-1-2-4-20)21-5-6-22-10(8-21)13(15,16)17/h7,10H,1-6,8H2/t10-/m1/s1. The van der Waals surface area contributed by atoms with Gasteiger partial charge in [0.05, 0.1) is 19.3 Å². The van der Waals surface area contributed by atoms with Gasteiger partial charge in [0.25, 0.3) is 0 Å². The zero-order chi connectivity index (χ0) is 15.7. The normalized spacial score (nSPS) is 23.2. The van der Waals surface area contributed by atoms with Crippen LogP contribution in [-0.2, 0) is 4.74 Å². The van der Waals surface area contributed by atoms with Crippen molar-refractivity contribution in [3.8, 4) is 0 Å². The first kappa shape index (κ1) is 15.3. The van der Waals surface area contributed by atoms with Gasteiger partial charge in [-0.1, -0.05) is 0 Å². The van der Waals surface area contributed by atoms with Crippen LogP contribution in [0.1, 0.15) is 12.8 Å². The van der Waals surface area contributed by atoms with Gasteiger partial charge in [0.2, 0.25) is 5.95 Å². The number of ether oxygens (including phenoxy) is 1. The smallest absolute Gasteiger partial charge is 0.365 e. The van der Waals surface area contributed by atoms with Gasteiger partial charge in [0.15, 0.2) is 17.7 Å². The lowest BCUT2D eigenvalue weighted by Gasteiger charge is -2.34. The third-order valence-corrected chi connectivity index (χ3v) is 3.83. The van der Waals surface area contributed by atoms with Crippen LogP contribution in [0.4, 0.5) is 29.3 Å². The highest BCUT2D eigenvalue weighted by Gasteiger charge is 2.44. The summed E-state index contributed by atoms with van der Waals surface area (Å²) in [5.41, 5.74) is 0. The molecule has 1 aromatic heterocycles. The summed E-state index contributed by atoms with van der Waals surface area (Å²) in [5.74, 6) is -0.273. The first-order valence-electron chi connectivity index (χ1n) is 7.16. The molecule has 0 aliphatic carbocycles. The van der Waals surface area contributed by atoms with Gasteiger partial charge in [-0.15, -0.1) is 0 Å². The van der Waals surface area contributed by atoms with E-state index >= 15 is 0 Å². The topological polar surface area (TPSA) is 41.5 Å². The van der Waals surface area contributed by atoms with Crippen LogP contribution in [0, 0.1) is 5.82 Å². The molecule has 2 fully saturated rings. The third kappa shape index (κ3) is 3.08. The lowest BCUT2D eigenvalue weighted by molar-refractivity contribution is -0.221. The van der Waals surface area contributed by atoms with Crippen molar-refractivity contribution in [3.05, 3.63) is 12.0 Å². The number of hydrogen-bond donors (Lipinski definition) is 0. The minimum absolute atomic E-state index is 0.0655. The molecule has 0 amide bonds. The average molecular weight is 320 g/mol. The second kappa shape index (κ2) is 5.86. The van der Waals surface area contributed by atoms with E-state index in [1.807, 2.05) is 0 Å². The Balaban J connectivity index is 1.80. The predicted octanol–water partition coefficient (Wildman–Crippen LogP) is 1.98. The lowest BCUT2D eigenvalue weighted by atomic mass is 10.2. The maximum atomic E-state index is 13.9. The van der Waals surface area contributed by atoms with Crippen molar-refractivity contribution in [3.63, 3.8) is 0 Å². The van der Waals surface area contributed by atoms with E-state index in [0.29, 0.717) is 13.1 Å². The lowest BCUT2D eigenvalue weighted by Crippen LogP contribution is -2.49. The fourth-order valence-corrected chi connectivity index (χ4v) is 2.68. The molecule has 0 radical (unpaired) electrons. The number of rotatable bonds is 2. The molecule has 2 saturated heterocycles. The molecule has 122 valence electrons. The van der Waals surface area contributed by atoms with Crippen molar-refractivity contribution in [2.75, 3.05) is 42.6 Å². The Kier molecular flexibility index (Phi) is 4.07. The summed E-state index contributed by atoms with van der Waals surface area (Å²) in [7, 11) is 0. The predicted molar refractivity (Wildman–Crippen MR) is 71.4 cm³/mol. The van der Waals surface area contributed by atoms with E-state index in [4.69, 9.17) is 4.74 Å². The molecule has 2 aliphatic rings. The van der Waals surface area contributed by atoms with Gasteiger partial charge in [0.1, 0.15) is 0 Å². The maximum Gasteiger partial charge on any atom is 0.416 e. The van der Waals surface area contributed by atoms with E-state index in [0.717, 1.165) is 19.0 Å². The summed E-state index contributed by atoms with van der Waals surface area (Å²) in [6.07, 6.45) is -3.38. The van der Waals surface area contributed by atoms with Gasteiger partial charge < -0.3 is 14.5 Å². The van der Waals surface area contributed by atoms with E-state index in [2.05, 4.69) is 9.97 Å². The minimum atomic E-state index is -4.43. The number of morpholine rings is 1. The van der Waals surface area contributed by atoms with Gasteiger partial charge in [0, 0.05) is 19.6 Å². The van der Waals surface area contributed by atoms with Crippen LogP contribution in [0.5, 0.6) is 0 Å². The van der Waals surface area contributed by atoms with Gasteiger partial charge in [-0.3, -0.25) is 0 Å². The zero-order valence-electron chi connectivity index (χ0n) is 11.8. The van der Waals surface area contributed by atoms with E-state index in [1.54, 1.807) is 4.90 Å². The van der Waals surface area contributed by atoms with Gasteiger partial charge in [-0.2, -0.15) is 18.2 Å². The molecule has 5 nitrogen and oxygen atoms in total. The molecule has 0 bridgehead atoms. The van der Waals surface area contributed by atoms with Crippen LogP contribution in [0.15, 0.2) is 6.20 Å². The average Bonchev–Trinajstić information content (AvgIpc) is 3.01. The zero-order valence-corrected chi connectivity index (χ0v) is 11.8. The summed E-state index contributed by atoms with van der Waals surface area (Å²) in [6.45, 7) is 1.19. The van der Waals surface area contributed by atoms with Crippen molar-refractivity contribution in [2.24, 2.45) is 0 Å². The van der Waals surface area contributed by atoms with Crippen molar-refractivity contribution in [1.29, 1.82) is 0 Å². The molecule has 3 rings (SSSR count). The Morgan fingerprint density at radius 3 is 2.55 bits per heavy atom. The Morgan fingerprint density at radius 1 is 1.14 bits per heavy atom. The molecule has 2 aliphatic heterocycles. The molecular weight excluding hydrogens is 304 g/mol. The summed E-state index contributed by atoms with van der Waals surface area (Å²) in [4.78, 5) is 11.2. The van der Waals surface area contributed by atoms with Gasteiger partial charge in [-0.05, 0) is 12.8 Å². The highest BCUT2D eigenvalue weighted by molar-refractivity contribution is 5.46. The number of aromatic nitrogens is 2. The molecule has 0 N–H and O–H groups in total. The van der Waals surface area contributed by atoms with E-state index in [-0.39, 0.29) is 31.5 Å². The van der Waals surface area contributed by atoms with E-state index in [9.17, 15) is 17.6 Å². The van der Waals surface area contributed by atoms with E-state index < -0.39 is 18.1 Å². The van der Waals surface area contributed by atoms with Crippen LogP contribution < -0.4 is 9.80 Å². The first-order chi connectivity index (χ1) is 10.4. The van der Waals surface area contributed by atoms with E-state index in [1.165, 1.54) is 4.90 Å². The Bertz CT molecular complexity index is 533. The molecule has 3 heterocycles. The van der Waals surface area contributed by atoms with Gasteiger partial charge in [-0.25, -0.2) is 9.37 Å². The summed E-state index contributed by atoms with van der Waals surface area (Å²) in [6, 6.07) is 0.